The lowest BCUT2D eigenvalue weighted by Crippen LogP contribution is -2.40. The number of urea groups is 1. The summed E-state index contributed by atoms with van der Waals surface area (Å²) in [5.74, 6) is 0.768. The number of benzene rings is 2. The minimum atomic E-state index is -3.67. The summed E-state index contributed by atoms with van der Waals surface area (Å²) in [6.45, 7) is 4.11. The average molecular weight is 407 g/mol. The van der Waals surface area contributed by atoms with Gasteiger partial charge in [0.25, 0.3) is 0 Å². The number of ether oxygens (including phenoxy) is 1. The van der Waals surface area contributed by atoms with E-state index in [2.05, 4.69) is 5.32 Å². The summed E-state index contributed by atoms with van der Waals surface area (Å²) < 4.78 is 33.5. The fourth-order valence-corrected chi connectivity index (χ4v) is 3.13. The van der Waals surface area contributed by atoms with E-state index in [-0.39, 0.29) is 24.4 Å². The van der Waals surface area contributed by atoms with Crippen molar-refractivity contribution in [3.05, 3.63) is 54.1 Å². The molecule has 0 aliphatic heterocycles. The van der Waals surface area contributed by atoms with E-state index in [1.54, 1.807) is 47.4 Å². The van der Waals surface area contributed by atoms with Crippen LogP contribution in [0.3, 0.4) is 0 Å². The van der Waals surface area contributed by atoms with Crippen molar-refractivity contribution in [1.82, 2.24) is 4.90 Å². The van der Waals surface area contributed by atoms with Gasteiger partial charge in [-0.05, 0) is 31.5 Å². The normalized spacial score (nSPS) is 12.1. The zero-order chi connectivity index (χ0) is 20.7. The number of para-hydroxylation sites is 3. The topological polar surface area (TPSA) is 84.9 Å². The molecule has 2 rings (SSSR count). The Balaban J connectivity index is 2.29. The molecule has 0 bridgehead atoms. The second-order valence-corrected chi connectivity index (χ2v) is 7.99. The smallest absolute Gasteiger partial charge is 0.322 e. The van der Waals surface area contributed by atoms with E-state index in [9.17, 15) is 13.2 Å². The summed E-state index contributed by atoms with van der Waals surface area (Å²) in [5, 5.41) is 2.87. The van der Waals surface area contributed by atoms with Crippen molar-refractivity contribution in [1.29, 1.82) is 0 Å². The first-order valence-electron chi connectivity index (χ1n) is 8.93. The van der Waals surface area contributed by atoms with Gasteiger partial charge in [0.2, 0.25) is 0 Å². The predicted octanol–water partition coefficient (Wildman–Crippen LogP) is 3.87. The number of amides is 2. The van der Waals surface area contributed by atoms with E-state index < -0.39 is 10.1 Å². The average Bonchev–Trinajstić information content (AvgIpc) is 2.65. The van der Waals surface area contributed by atoms with Crippen molar-refractivity contribution in [3.8, 4) is 11.5 Å². The molecule has 1 atom stereocenters. The lowest BCUT2D eigenvalue weighted by atomic mass is 10.1. The van der Waals surface area contributed by atoms with Gasteiger partial charge in [-0.2, -0.15) is 8.42 Å². The molecule has 0 radical (unpaired) electrons. The van der Waals surface area contributed by atoms with Crippen LogP contribution in [0.2, 0.25) is 0 Å². The minimum Gasteiger partial charge on any atom is -0.495 e. The van der Waals surface area contributed by atoms with Crippen LogP contribution in [-0.4, -0.2) is 38.8 Å². The van der Waals surface area contributed by atoms with E-state index in [1.165, 1.54) is 7.11 Å². The van der Waals surface area contributed by atoms with Crippen LogP contribution in [0.15, 0.2) is 48.5 Å². The second-order valence-electron chi connectivity index (χ2n) is 6.41. The highest BCUT2D eigenvalue weighted by Crippen LogP contribution is 2.26. The standard InChI is InChI=1S/C20H26N2O5S/c1-5-15(2)22(20(23)21-17-11-7-9-13-19(17)26-3)14-16-10-6-8-12-18(16)27-28(4,24)25/h6-13,15H,5,14H2,1-4H3,(H,21,23)/t15-/m0/s1. The molecule has 0 aliphatic rings. The van der Waals surface area contributed by atoms with Gasteiger partial charge in [-0.15, -0.1) is 0 Å². The Morgan fingerprint density at radius 2 is 1.71 bits per heavy atom. The first-order valence-corrected chi connectivity index (χ1v) is 10.7. The second kappa shape index (κ2) is 9.45. The number of hydrogen-bond acceptors (Lipinski definition) is 5. The van der Waals surface area contributed by atoms with Crippen LogP contribution in [0.25, 0.3) is 0 Å². The van der Waals surface area contributed by atoms with E-state index in [0.29, 0.717) is 17.0 Å². The summed E-state index contributed by atoms with van der Waals surface area (Å²) in [5.41, 5.74) is 1.16. The van der Waals surface area contributed by atoms with E-state index in [4.69, 9.17) is 8.92 Å². The van der Waals surface area contributed by atoms with Gasteiger partial charge in [0, 0.05) is 11.6 Å². The molecule has 0 heterocycles. The Kier molecular flexibility index (Phi) is 7.28. The van der Waals surface area contributed by atoms with Gasteiger partial charge in [-0.3, -0.25) is 0 Å². The lowest BCUT2D eigenvalue weighted by Gasteiger charge is -2.29. The van der Waals surface area contributed by atoms with Crippen molar-refractivity contribution in [3.63, 3.8) is 0 Å². The lowest BCUT2D eigenvalue weighted by molar-refractivity contribution is 0.186. The van der Waals surface area contributed by atoms with E-state index >= 15 is 0 Å². The van der Waals surface area contributed by atoms with Gasteiger partial charge in [0.05, 0.1) is 25.6 Å². The van der Waals surface area contributed by atoms with E-state index in [1.807, 2.05) is 19.9 Å². The molecule has 2 aromatic carbocycles. The molecule has 0 unspecified atom stereocenters. The molecular weight excluding hydrogens is 380 g/mol. The van der Waals surface area contributed by atoms with Crippen LogP contribution in [0.1, 0.15) is 25.8 Å². The fourth-order valence-electron chi connectivity index (χ4n) is 2.65. The molecule has 152 valence electrons. The van der Waals surface area contributed by atoms with Crippen LogP contribution in [0, 0.1) is 0 Å². The highest BCUT2D eigenvalue weighted by Gasteiger charge is 2.22. The Morgan fingerprint density at radius 3 is 2.32 bits per heavy atom. The van der Waals surface area contributed by atoms with Crippen molar-refractivity contribution in [2.45, 2.75) is 32.9 Å². The first-order chi connectivity index (χ1) is 13.2. The van der Waals surface area contributed by atoms with Gasteiger partial charge in [0.15, 0.2) is 0 Å². The molecule has 2 amide bonds. The maximum Gasteiger partial charge on any atom is 0.322 e. The summed E-state index contributed by atoms with van der Waals surface area (Å²) in [7, 11) is -2.14. The predicted molar refractivity (Wildman–Crippen MR) is 109 cm³/mol. The molecule has 0 fully saturated rings. The SMILES string of the molecule is CC[C@H](C)N(Cc1ccccc1OS(C)(=O)=O)C(=O)Nc1ccccc1OC. The van der Waals surface area contributed by atoms with E-state index in [0.717, 1.165) is 12.7 Å². The summed E-state index contributed by atoms with van der Waals surface area (Å²) in [6.07, 6.45) is 1.72. The first kappa shape index (κ1) is 21.6. The largest absolute Gasteiger partial charge is 0.495 e. The maximum absolute atomic E-state index is 13.0. The number of anilines is 1. The highest BCUT2D eigenvalue weighted by molar-refractivity contribution is 7.86. The third-order valence-electron chi connectivity index (χ3n) is 4.29. The minimum absolute atomic E-state index is 0.0824. The maximum atomic E-state index is 13.0. The van der Waals surface area contributed by atoms with Crippen molar-refractivity contribution < 1.29 is 22.1 Å². The van der Waals surface area contributed by atoms with Crippen molar-refractivity contribution >= 4 is 21.8 Å². The van der Waals surface area contributed by atoms with Crippen LogP contribution in [0.4, 0.5) is 10.5 Å². The van der Waals surface area contributed by atoms with Crippen LogP contribution < -0.4 is 14.2 Å². The molecular formula is C20H26N2O5S. The van der Waals surface area contributed by atoms with Crippen LogP contribution >= 0.6 is 0 Å². The Hall–Kier alpha value is -2.74. The van der Waals surface area contributed by atoms with Gasteiger partial charge in [-0.1, -0.05) is 37.3 Å². The van der Waals surface area contributed by atoms with Crippen molar-refractivity contribution in [2.75, 3.05) is 18.7 Å². The number of carbonyl (C=O) groups is 1. The van der Waals surface area contributed by atoms with Gasteiger partial charge in [0.1, 0.15) is 11.5 Å². The molecule has 0 spiro atoms. The molecule has 2 aromatic rings. The molecule has 0 saturated carbocycles. The molecule has 8 heteroatoms. The zero-order valence-electron chi connectivity index (χ0n) is 16.5. The number of nitrogens with zero attached hydrogens (tertiary/aromatic N) is 1. The molecule has 28 heavy (non-hydrogen) atoms. The molecule has 0 aliphatic carbocycles. The Bertz CT molecular complexity index is 914. The third kappa shape index (κ3) is 5.88. The number of rotatable bonds is 8. The van der Waals surface area contributed by atoms with Crippen LogP contribution in [0.5, 0.6) is 11.5 Å². The molecule has 0 saturated heterocycles. The highest BCUT2D eigenvalue weighted by atomic mass is 32.2. The van der Waals surface area contributed by atoms with Gasteiger partial charge < -0.3 is 19.1 Å². The third-order valence-corrected chi connectivity index (χ3v) is 4.77. The summed E-state index contributed by atoms with van der Waals surface area (Å²) in [6, 6.07) is 13.5. The summed E-state index contributed by atoms with van der Waals surface area (Å²) in [4.78, 5) is 14.6. The zero-order valence-corrected chi connectivity index (χ0v) is 17.3. The molecule has 0 aromatic heterocycles. The Morgan fingerprint density at radius 1 is 1.11 bits per heavy atom. The van der Waals surface area contributed by atoms with Gasteiger partial charge in [-0.25, -0.2) is 4.79 Å². The summed E-state index contributed by atoms with van der Waals surface area (Å²) >= 11 is 0. The van der Waals surface area contributed by atoms with Gasteiger partial charge >= 0.3 is 16.1 Å². The Labute approximate surface area is 166 Å². The monoisotopic (exact) mass is 406 g/mol. The fraction of sp³-hybridized carbons (Fsp3) is 0.350. The number of hydrogen-bond donors (Lipinski definition) is 1. The van der Waals surface area contributed by atoms with Crippen LogP contribution in [-0.2, 0) is 16.7 Å². The number of carbonyl (C=O) groups excluding carboxylic acids is 1. The number of methoxy groups -OCH3 is 1. The quantitative estimate of drug-likeness (QED) is 0.673. The number of nitrogens with one attached hydrogen (secondary N) is 1. The van der Waals surface area contributed by atoms with Crippen molar-refractivity contribution in [2.24, 2.45) is 0 Å². The molecule has 1 N–H and O–H groups in total. The molecule has 7 nitrogen and oxygen atoms in total.